The lowest BCUT2D eigenvalue weighted by Gasteiger charge is -2.31. The van der Waals surface area contributed by atoms with Gasteiger partial charge in [-0.1, -0.05) is 26.8 Å². The number of hydrogen-bond donors (Lipinski definition) is 2. The highest BCUT2D eigenvalue weighted by molar-refractivity contribution is 5.94. The summed E-state index contributed by atoms with van der Waals surface area (Å²) in [6.07, 6.45) is 0.609. The highest BCUT2D eigenvalue weighted by Crippen LogP contribution is 2.22. The standard InChI is InChI=1S/C17H27NO3/c1-12(2)21-14-8-6-7-13(11-14)16(20)18-15(9-10-19)17(3,4)5/h6-8,11-12,15,19H,9-10H2,1-5H3,(H,18,20). The average Bonchev–Trinajstić information content (AvgIpc) is 2.36. The summed E-state index contributed by atoms with van der Waals surface area (Å²) in [7, 11) is 0. The zero-order valence-electron chi connectivity index (χ0n) is 13.6. The molecule has 2 N–H and O–H groups in total. The number of ether oxygens (including phenoxy) is 1. The van der Waals surface area contributed by atoms with Crippen LogP contribution in [0.2, 0.25) is 0 Å². The summed E-state index contributed by atoms with van der Waals surface area (Å²) >= 11 is 0. The molecule has 1 amide bonds. The van der Waals surface area contributed by atoms with Gasteiger partial charge in [-0.05, 0) is 43.9 Å². The third-order valence-corrected chi connectivity index (χ3v) is 3.24. The minimum Gasteiger partial charge on any atom is -0.491 e. The van der Waals surface area contributed by atoms with E-state index in [0.717, 1.165) is 0 Å². The normalized spacial score (nSPS) is 13.1. The van der Waals surface area contributed by atoms with Gasteiger partial charge >= 0.3 is 0 Å². The number of carbonyl (C=O) groups excluding carboxylic acids is 1. The fourth-order valence-corrected chi connectivity index (χ4v) is 2.08. The maximum absolute atomic E-state index is 12.4. The molecule has 0 spiro atoms. The second-order valence-electron chi connectivity index (χ2n) is 6.60. The van der Waals surface area contributed by atoms with Gasteiger partial charge < -0.3 is 15.2 Å². The van der Waals surface area contributed by atoms with Gasteiger partial charge in [0, 0.05) is 18.2 Å². The van der Waals surface area contributed by atoms with Crippen LogP contribution in [0.5, 0.6) is 5.75 Å². The van der Waals surface area contributed by atoms with Gasteiger partial charge in [-0.3, -0.25) is 4.79 Å². The maximum atomic E-state index is 12.4. The molecule has 0 fully saturated rings. The van der Waals surface area contributed by atoms with Crippen LogP contribution in [0.25, 0.3) is 0 Å². The van der Waals surface area contributed by atoms with Crippen LogP contribution in [-0.2, 0) is 0 Å². The van der Waals surface area contributed by atoms with Crippen LogP contribution in [0, 0.1) is 5.41 Å². The minimum absolute atomic E-state index is 0.0543. The zero-order chi connectivity index (χ0) is 16.0. The molecule has 1 aromatic rings. The fraction of sp³-hybridized carbons (Fsp3) is 0.588. The molecular weight excluding hydrogens is 266 g/mol. The first kappa shape index (κ1) is 17.5. The van der Waals surface area contributed by atoms with E-state index in [2.05, 4.69) is 5.32 Å². The van der Waals surface area contributed by atoms with Gasteiger partial charge in [-0.2, -0.15) is 0 Å². The first-order valence-electron chi connectivity index (χ1n) is 7.42. The molecule has 0 aliphatic rings. The van der Waals surface area contributed by atoms with Crippen LogP contribution in [0.3, 0.4) is 0 Å². The van der Waals surface area contributed by atoms with E-state index >= 15 is 0 Å². The number of amides is 1. The largest absolute Gasteiger partial charge is 0.491 e. The van der Waals surface area contributed by atoms with E-state index in [0.29, 0.717) is 17.7 Å². The molecule has 1 aromatic carbocycles. The van der Waals surface area contributed by atoms with E-state index in [1.54, 1.807) is 12.1 Å². The van der Waals surface area contributed by atoms with Crippen molar-refractivity contribution in [3.8, 4) is 5.75 Å². The van der Waals surface area contributed by atoms with Crippen LogP contribution in [0.1, 0.15) is 51.4 Å². The van der Waals surface area contributed by atoms with E-state index < -0.39 is 0 Å². The van der Waals surface area contributed by atoms with Crippen molar-refractivity contribution in [1.29, 1.82) is 0 Å². The summed E-state index contributed by atoms with van der Waals surface area (Å²) in [5.41, 5.74) is 0.463. The molecule has 0 aliphatic carbocycles. The Morgan fingerprint density at radius 1 is 1.33 bits per heavy atom. The van der Waals surface area contributed by atoms with Crippen molar-refractivity contribution in [3.05, 3.63) is 29.8 Å². The van der Waals surface area contributed by atoms with Crippen molar-refractivity contribution in [2.75, 3.05) is 6.61 Å². The van der Waals surface area contributed by atoms with E-state index in [-0.39, 0.29) is 30.1 Å². The Hall–Kier alpha value is -1.55. The highest BCUT2D eigenvalue weighted by Gasteiger charge is 2.26. The third-order valence-electron chi connectivity index (χ3n) is 3.24. The van der Waals surface area contributed by atoms with Gasteiger partial charge in [0.15, 0.2) is 0 Å². The number of aliphatic hydroxyl groups is 1. The Morgan fingerprint density at radius 3 is 2.52 bits per heavy atom. The van der Waals surface area contributed by atoms with Gasteiger partial charge in [0.2, 0.25) is 0 Å². The number of nitrogens with one attached hydrogen (secondary N) is 1. The molecule has 1 atom stereocenters. The quantitative estimate of drug-likeness (QED) is 0.847. The van der Waals surface area contributed by atoms with Crippen LogP contribution >= 0.6 is 0 Å². The Bertz CT molecular complexity index is 463. The molecule has 0 aromatic heterocycles. The van der Waals surface area contributed by atoms with Gasteiger partial charge in [0.25, 0.3) is 5.91 Å². The highest BCUT2D eigenvalue weighted by atomic mass is 16.5. The van der Waals surface area contributed by atoms with Gasteiger partial charge in [0.1, 0.15) is 5.75 Å². The van der Waals surface area contributed by atoms with E-state index in [4.69, 9.17) is 9.84 Å². The summed E-state index contributed by atoms with van der Waals surface area (Å²) in [6, 6.07) is 7.08. The Balaban J connectivity index is 2.82. The summed E-state index contributed by atoms with van der Waals surface area (Å²) in [5, 5.41) is 12.2. The molecule has 0 saturated carbocycles. The van der Waals surface area contributed by atoms with Crippen molar-refractivity contribution in [2.45, 2.75) is 53.2 Å². The molecule has 0 saturated heterocycles. The van der Waals surface area contributed by atoms with Crippen molar-refractivity contribution in [3.63, 3.8) is 0 Å². The molecule has 21 heavy (non-hydrogen) atoms. The van der Waals surface area contributed by atoms with Crippen LogP contribution in [0.4, 0.5) is 0 Å². The van der Waals surface area contributed by atoms with E-state index in [1.807, 2.05) is 46.8 Å². The lowest BCUT2D eigenvalue weighted by Crippen LogP contribution is -2.44. The summed E-state index contributed by atoms with van der Waals surface area (Å²) < 4.78 is 5.60. The molecule has 0 bridgehead atoms. The van der Waals surface area contributed by atoms with E-state index in [9.17, 15) is 4.79 Å². The first-order chi connectivity index (χ1) is 9.74. The van der Waals surface area contributed by atoms with Crippen molar-refractivity contribution in [1.82, 2.24) is 5.32 Å². The molecular formula is C17H27NO3. The lowest BCUT2D eigenvalue weighted by molar-refractivity contribution is 0.0884. The number of carbonyl (C=O) groups is 1. The molecule has 0 heterocycles. The topological polar surface area (TPSA) is 58.6 Å². The molecule has 4 heteroatoms. The van der Waals surface area contributed by atoms with Crippen LogP contribution in [-0.4, -0.2) is 29.8 Å². The Morgan fingerprint density at radius 2 is 2.00 bits per heavy atom. The fourth-order valence-electron chi connectivity index (χ4n) is 2.08. The van der Waals surface area contributed by atoms with Crippen molar-refractivity contribution >= 4 is 5.91 Å². The van der Waals surface area contributed by atoms with Crippen molar-refractivity contribution in [2.24, 2.45) is 5.41 Å². The number of hydrogen-bond acceptors (Lipinski definition) is 3. The number of rotatable bonds is 6. The van der Waals surface area contributed by atoms with Crippen LogP contribution in [0.15, 0.2) is 24.3 Å². The smallest absolute Gasteiger partial charge is 0.251 e. The van der Waals surface area contributed by atoms with E-state index in [1.165, 1.54) is 0 Å². The molecule has 0 radical (unpaired) electrons. The van der Waals surface area contributed by atoms with Gasteiger partial charge in [0.05, 0.1) is 6.10 Å². The lowest BCUT2D eigenvalue weighted by atomic mass is 9.85. The zero-order valence-corrected chi connectivity index (χ0v) is 13.6. The maximum Gasteiger partial charge on any atom is 0.251 e. The SMILES string of the molecule is CC(C)Oc1cccc(C(=O)NC(CCO)C(C)(C)C)c1. The number of benzene rings is 1. The van der Waals surface area contributed by atoms with Crippen LogP contribution < -0.4 is 10.1 Å². The Kier molecular flexibility index (Phi) is 6.21. The second kappa shape index (κ2) is 7.46. The summed E-state index contributed by atoms with van der Waals surface area (Å²) in [4.78, 5) is 12.4. The predicted molar refractivity (Wildman–Crippen MR) is 84.6 cm³/mol. The second-order valence-corrected chi connectivity index (χ2v) is 6.60. The molecule has 1 rings (SSSR count). The summed E-state index contributed by atoms with van der Waals surface area (Å²) in [5.74, 6) is 0.546. The first-order valence-corrected chi connectivity index (χ1v) is 7.42. The third kappa shape index (κ3) is 5.76. The van der Waals surface area contributed by atoms with Crippen molar-refractivity contribution < 1.29 is 14.6 Å². The molecule has 0 aliphatic heterocycles. The summed E-state index contributed by atoms with van der Waals surface area (Å²) in [6.45, 7) is 10.1. The number of aliphatic hydroxyl groups excluding tert-OH is 1. The predicted octanol–water partition coefficient (Wildman–Crippen LogP) is 3.00. The molecule has 4 nitrogen and oxygen atoms in total. The van der Waals surface area contributed by atoms with Gasteiger partial charge in [-0.25, -0.2) is 0 Å². The minimum atomic E-state index is -0.141. The molecule has 1 unspecified atom stereocenters. The van der Waals surface area contributed by atoms with Gasteiger partial charge in [-0.15, -0.1) is 0 Å². The molecule has 118 valence electrons. The monoisotopic (exact) mass is 293 g/mol. The Labute approximate surface area is 127 Å². The average molecular weight is 293 g/mol.